The van der Waals surface area contributed by atoms with Crippen LogP contribution in [0.15, 0.2) is 59.8 Å². The van der Waals surface area contributed by atoms with Gasteiger partial charge in [0.15, 0.2) is 5.16 Å². The van der Waals surface area contributed by atoms with Gasteiger partial charge < -0.3 is 5.32 Å². The van der Waals surface area contributed by atoms with E-state index >= 15 is 0 Å². The van der Waals surface area contributed by atoms with Gasteiger partial charge in [0.1, 0.15) is 11.4 Å². The summed E-state index contributed by atoms with van der Waals surface area (Å²) in [5.41, 5.74) is 4.43. The molecule has 4 rings (SSSR count). The first kappa shape index (κ1) is 23.5. The van der Waals surface area contributed by atoms with Gasteiger partial charge in [0.25, 0.3) is 5.91 Å². The number of carbonyl (C=O) groups is 3. The summed E-state index contributed by atoms with van der Waals surface area (Å²) in [6.45, 7) is 5.51. The van der Waals surface area contributed by atoms with Crippen molar-refractivity contribution in [2.45, 2.75) is 44.3 Å². The molecule has 0 spiro atoms. The fourth-order valence-corrected chi connectivity index (χ4v) is 4.50. The van der Waals surface area contributed by atoms with Crippen molar-refractivity contribution < 1.29 is 14.4 Å². The van der Waals surface area contributed by atoms with Crippen LogP contribution in [0.2, 0.25) is 0 Å². The number of benzene rings is 2. The van der Waals surface area contributed by atoms with Crippen LogP contribution in [-0.4, -0.2) is 48.9 Å². The Balaban J connectivity index is 1.37. The quantitative estimate of drug-likeness (QED) is 0.381. The molecule has 1 aliphatic rings. The van der Waals surface area contributed by atoms with E-state index in [1.54, 1.807) is 6.92 Å². The number of urea groups is 1. The van der Waals surface area contributed by atoms with Crippen molar-refractivity contribution in [1.82, 2.24) is 30.5 Å². The van der Waals surface area contributed by atoms with Crippen molar-refractivity contribution in [3.8, 4) is 5.69 Å². The highest BCUT2D eigenvalue weighted by atomic mass is 32.2. The summed E-state index contributed by atoms with van der Waals surface area (Å²) in [7, 11) is 0. The first-order chi connectivity index (χ1) is 16.3. The van der Waals surface area contributed by atoms with Crippen molar-refractivity contribution in [3.63, 3.8) is 0 Å². The van der Waals surface area contributed by atoms with Crippen LogP contribution in [0.3, 0.4) is 0 Å². The van der Waals surface area contributed by atoms with Crippen molar-refractivity contribution in [2.75, 3.05) is 5.75 Å². The second-order valence-corrected chi connectivity index (χ2v) is 9.36. The molecule has 10 heteroatoms. The molecule has 34 heavy (non-hydrogen) atoms. The lowest BCUT2D eigenvalue weighted by Crippen LogP contribution is -2.49. The molecule has 1 aromatic heterocycles. The Morgan fingerprint density at radius 3 is 2.47 bits per heavy atom. The SMILES string of the molecule is Cc1ccc(-n2c(C)nnc2SCC(=O)NN2C(=O)NC(C)(CCc3ccccc3)C2=O)cc1. The molecule has 4 amide bonds. The Bertz CT molecular complexity index is 1210. The van der Waals surface area contributed by atoms with E-state index in [-0.39, 0.29) is 5.75 Å². The van der Waals surface area contributed by atoms with Gasteiger partial charge in [0.05, 0.1) is 5.75 Å². The van der Waals surface area contributed by atoms with E-state index in [9.17, 15) is 14.4 Å². The second-order valence-electron chi connectivity index (χ2n) is 8.41. The normalized spacial score (nSPS) is 17.7. The molecular weight excluding hydrogens is 452 g/mol. The van der Waals surface area contributed by atoms with Gasteiger partial charge in [-0.25, -0.2) is 4.79 Å². The van der Waals surface area contributed by atoms with Crippen LogP contribution in [-0.2, 0) is 16.0 Å². The first-order valence-corrected chi connectivity index (χ1v) is 11.9. The standard InChI is InChI=1S/C24H26N6O3S/c1-16-9-11-19(12-10-16)29-17(2)26-27-23(29)34-15-20(31)28-30-21(32)24(3,25-22(30)33)14-13-18-7-5-4-6-8-18/h4-12H,13-15H2,1-3H3,(H,25,33)(H,28,31). The zero-order chi connectivity index (χ0) is 24.3. The second kappa shape index (κ2) is 9.68. The van der Waals surface area contributed by atoms with Gasteiger partial charge in [-0.05, 0) is 51.3 Å². The minimum atomic E-state index is -1.09. The van der Waals surface area contributed by atoms with E-state index in [1.807, 2.05) is 73.0 Å². The van der Waals surface area contributed by atoms with E-state index in [1.165, 1.54) is 11.8 Å². The molecule has 2 heterocycles. The van der Waals surface area contributed by atoms with Gasteiger partial charge in [-0.1, -0.05) is 59.8 Å². The lowest BCUT2D eigenvalue weighted by molar-refractivity contribution is -0.138. The number of aromatic nitrogens is 3. The molecule has 0 bridgehead atoms. The third kappa shape index (κ3) is 4.96. The van der Waals surface area contributed by atoms with Crippen LogP contribution in [0.4, 0.5) is 4.79 Å². The summed E-state index contributed by atoms with van der Waals surface area (Å²) in [6, 6.07) is 17.0. The minimum absolute atomic E-state index is 0.0399. The number of nitrogens with zero attached hydrogens (tertiary/aromatic N) is 4. The number of hydrogen-bond acceptors (Lipinski definition) is 6. The molecule has 0 saturated carbocycles. The first-order valence-electron chi connectivity index (χ1n) is 10.9. The smallest absolute Gasteiger partial charge is 0.322 e. The van der Waals surface area contributed by atoms with E-state index in [2.05, 4.69) is 20.9 Å². The number of aryl methyl sites for hydroxylation is 3. The van der Waals surface area contributed by atoms with Crippen LogP contribution in [0, 0.1) is 13.8 Å². The number of imide groups is 1. The average Bonchev–Trinajstić information content (AvgIpc) is 3.29. The fourth-order valence-electron chi connectivity index (χ4n) is 3.71. The third-order valence-electron chi connectivity index (χ3n) is 5.67. The number of nitrogens with one attached hydrogen (secondary N) is 2. The zero-order valence-corrected chi connectivity index (χ0v) is 20.1. The molecule has 1 fully saturated rings. The monoisotopic (exact) mass is 478 g/mol. The van der Waals surface area contributed by atoms with Crippen molar-refractivity contribution in [2.24, 2.45) is 0 Å². The van der Waals surface area contributed by atoms with Crippen molar-refractivity contribution in [3.05, 3.63) is 71.5 Å². The molecule has 9 nitrogen and oxygen atoms in total. The largest absolute Gasteiger partial charge is 0.344 e. The van der Waals surface area contributed by atoms with Gasteiger partial charge in [-0.3, -0.25) is 19.6 Å². The van der Waals surface area contributed by atoms with Crippen LogP contribution < -0.4 is 10.7 Å². The van der Waals surface area contributed by atoms with Crippen molar-refractivity contribution >= 4 is 29.6 Å². The molecule has 1 atom stereocenters. The molecule has 3 aromatic rings. The Kier molecular flexibility index (Phi) is 6.69. The van der Waals surface area contributed by atoms with Crippen LogP contribution in [0.25, 0.3) is 5.69 Å². The maximum Gasteiger partial charge on any atom is 0.344 e. The van der Waals surface area contributed by atoms with Crippen molar-refractivity contribution in [1.29, 1.82) is 0 Å². The summed E-state index contributed by atoms with van der Waals surface area (Å²) in [4.78, 5) is 38.0. The fraction of sp³-hybridized carbons (Fsp3) is 0.292. The molecule has 0 aliphatic carbocycles. The lowest BCUT2D eigenvalue weighted by Gasteiger charge is -2.21. The van der Waals surface area contributed by atoms with Crippen LogP contribution in [0.5, 0.6) is 0 Å². The van der Waals surface area contributed by atoms with E-state index in [4.69, 9.17) is 0 Å². The van der Waals surface area contributed by atoms with E-state index < -0.39 is 23.4 Å². The highest BCUT2D eigenvalue weighted by Gasteiger charge is 2.48. The van der Waals surface area contributed by atoms with E-state index in [0.717, 1.165) is 21.8 Å². The van der Waals surface area contributed by atoms with E-state index in [0.29, 0.717) is 23.8 Å². The highest BCUT2D eigenvalue weighted by molar-refractivity contribution is 7.99. The average molecular weight is 479 g/mol. The predicted molar refractivity (Wildman–Crippen MR) is 128 cm³/mol. The number of amides is 4. The summed E-state index contributed by atoms with van der Waals surface area (Å²) < 4.78 is 1.85. The number of carbonyl (C=O) groups excluding carboxylic acids is 3. The maximum absolute atomic E-state index is 12.9. The number of hydrazine groups is 1. The third-order valence-corrected chi connectivity index (χ3v) is 6.60. The Morgan fingerprint density at radius 2 is 1.76 bits per heavy atom. The molecule has 176 valence electrons. The predicted octanol–water partition coefficient (Wildman–Crippen LogP) is 2.95. The molecule has 0 radical (unpaired) electrons. The summed E-state index contributed by atoms with van der Waals surface area (Å²) in [5, 5.41) is 12.3. The minimum Gasteiger partial charge on any atom is -0.322 e. The Morgan fingerprint density at radius 1 is 1.06 bits per heavy atom. The van der Waals surface area contributed by atoms with Crippen LogP contribution >= 0.6 is 11.8 Å². The maximum atomic E-state index is 12.9. The lowest BCUT2D eigenvalue weighted by atomic mass is 9.93. The molecule has 1 unspecified atom stereocenters. The van der Waals surface area contributed by atoms with Gasteiger partial charge >= 0.3 is 6.03 Å². The van der Waals surface area contributed by atoms with Gasteiger partial charge in [0, 0.05) is 5.69 Å². The zero-order valence-electron chi connectivity index (χ0n) is 19.2. The summed E-state index contributed by atoms with van der Waals surface area (Å²) in [6.07, 6.45) is 1.04. The van der Waals surface area contributed by atoms with Crippen LogP contribution in [0.1, 0.15) is 30.3 Å². The van der Waals surface area contributed by atoms with Gasteiger partial charge in [-0.2, -0.15) is 5.01 Å². The molecule has 2 N–H and O–H groups in total. The highest BCUT2D eigenvalue weighted by Crippen LogP contribution is 2.24. The summed E-state index contributed by atoms with van der Waals surface area (Å²) >= 11 is 1.18. The summed E-state index contributed by atoms with van der Waals surface area (Å²) in [5.74, 6) is -0.320. The Labute approximate surface area is 201 Å². The van der Waals surface area contributed by atoms with Gasteiger partial charge in [0.2, 0.25) is 5.91 Å². The number of thioether (sulfide) groups is 1. The molecule has 1 saturated heterocycles. The number of rotatable bonds is 8. The topological polar surface area (TPSA) is 109 Å². The number of hydrogen-bond donors (Lipinski definition) is 2. The molecular formula is C24H26N6O3S. The van der Waals surface area contributed by atoms with Gasteiger partial charge in [-0.15, -0.1) is 10.2 Å². The Hall–Kier alpha value is -3.66. The molecule has 1 aliphatic heterocycles. The molecule has 2 aromatic carbocycles.